The molecule has 0 unspecified atom stereocenters. The Morgan fingerprint density at radius 2 is 2.00 bits per heavy atom. The van der Waals surface area contributed by atoms with Crippen molar-refractivity contribution < 1.29 is 0 Å². The van der Waals surface area contributed by atoms with Crippen molar-refractivity contribution in [2.75, 3.05) is 11.9 Å². The quantitative estimate of drug-likeness (QED) is 0.632. The Balaban J connectivity index is 2.53. The monoisotopic (exact) mass is 241 g/mol. The Morgan fingerprint density at radius 3 is 2.62 bits per heavy atom. The molecule has 1 aromatic rings. The zero-order chi connectivity index (χ0) is 9.68. The smallest absolute Gasteiger partial charge is 0.0205 e. The summed E-state index contributed by atoms with van der Waals surface area (Å²) in [5.41, 5.74) is 4.10. The van der Waals surface area contributed by atoms with E-state index in [9.17, 15) is 0 Å². The molecule has 72 valence electrons. The molecule has 0 amide bonds. The van der Waals surface area contributed by atoms with Crippen molar-refractivity contribution in [3.8, 4) is 0 Å². The Hall–Kier alpha value is -0.340. The number of hydrogen-bond donors (Lipinski definition) is 1. The lowest BCUT2D eigenvalue weighted by atomic mass is 10.1. The van der Waals surface area contributed by atoms with Gasteiger partial charge in [-0.25, -0.2) is 0 Å². The summed E-state index contributed by atoms with van der Waals surface area (Å²) in [6.45, 7) is 6.29. The molecule has 1 N–H and O–H groups in total. The fourth-order valence-electron chi connectivity index (χ4n) is 1.21. The zero-order valence-corrected chi connectivity index (χ0v) is 9.82. The number of hydrogen-bond acceptors (Lipinski definition) is 1. The van der Waals surface area contributed by atoms with Gasteiger partial charge < -0.3 is 5.32 Å². The van der Waals surface area contributed by atoms with E-state index < -0.39 is 0 Å². The maximum absolute atomic E-state index is 3.39. The lowest BCUT2D eigenvalue weighted by molar-refractivity contribution is 0.733. The SMILES string of the molecule is Cc1ccc(CNCCBr)cc1C. The second-order valence-corrected chi connectivity index (χ2v) is 4.08. The fourth-order valence-corrected chi connectivity index (χ4v) is 1.49. The second kappa shape index (κ2) is 5.40. The van der Waals surface area contributed by atoms with Gasteiger partial charge in [-0.05, 0) is 30.5 Å². The number of halogens is 1. The topological polar surface area (TPSA) is 12.0 Å². The molecular formula is C11H16BrN. The van der Waals surface area contributed by atoms with E-state index in [2.05, 4.69) is 53.3 Å². The molecule has 1 aromatic carbocycles. The van der Waals surface area contributed by atoms with Crippen molar-refractivity contribution in [2.24, 2.45) is 0 Å². The Labute approximate surface area is 88.7 Å². The molecule has 13 heavy (non-hydrogen) atoms. The molecule has 0 aliphatic heterocycles. The van der Waals surface area contributed by atoms with Gasteiger partial charge in [-0.1, -0.05) is 34.1 Å². The third kappa shape index (κ3) is 3.49. The van der Waals surface area contributed by atoms with Gasteiger partial charge >= 0.3 is 0 Å². The minimum Gasteiger partial charge on any atom is -0.312 e. The molecule has 0 spiro atoms. The van der Waals surface area contributed by atoms with Crippen molar-refractivity contribution in [1.29, 1.82) is 0 Å². The van der Waals surface area contributed by atoms with Crippen molar-refractivity contribution in [3.05, 3.63) is 34.9 Å². The van der Waals surface area contributed by atoms with Crippen LogP contribution in [0.15, 0.2) is 18.2 Å². The maximum atomic E-state index is 3.39. The Morgan fingerprint density at radius 1 is 1.23 bits per heavy atom. The molecule has 0 saturated heterocycles. The third-order valence-corrected chi connectivity index (χ3v) is 2.57. The third-order valence-electron chi connectivity index (χ3n) is 2.17. The Bertz CT molecular complexity index is 271. The molecule has 1 nitrogen and oxygen atoms in total. The zero-order valence-electron chi connectivity index (χ0n) is 8.23. The van der Waals surface area contributed by atoms with Crippen LogP contribution in [0.5, 0.6) is 0 Å². The summed E-state index contributed by atoms with van der Waals surface area (Å²) in [6.07, 6.45) is 0. The second-order valence-electron chi connectivity index (χ2n) is 3.28. The maximum Gasteiger partial charge on any atom is 0.0205 e. The normalized spacial score (nSPS) is 10.4. The van der Waals surface area contributed by atoms with Gasteiger partial charge in [0.05, 0.1) is 0 Å². The lowest BCUT2D eigenvalue weighted by Crippen LogP contribution is -2.15. The Kier molecular flexibility index (Phi) is 4.46. The fraction of sp³-hybridized carbons (Fsp3) is 0.455. The van der Waals surface area contributed by atoms with Crippen LogP contribution in [0, 0.1) is 13.8 Å². The van der Waals surface area contributed by atoms with Crippen LogP contribution in [0.4, 0.5) is 0 Å². The molecule has 0 aliphatic carbocycles. The van der Waals surface area contributed by atoms with Crippen LogP contribution in [0.3, 0.4) is 0 Å². The van der Waals surface area contributed by atoms with E-state index in [0.29, 0.717) is 0 Å². The number of benzene rings is 1. The number of aryl methyl sites for hydroxylation is 2. The summed E-state index contributed by atoms with van der Waals surface area (Å²) in [4.78, 5) is 0. The first-order valence-corrected chi connectivity index (χ1v) is 5.69. The summed E-state index contributed by atoms with van der Waals surface area (Å²) < 4.78 is 0. The molecule has 0 bridgehead atoms. The highest BCUT2D eigenvalue weighted by atomic mass is 79.9. The predicted octanol–water partition coefficient (Wildman–Crippen LogP) is 2.79. The first-order valence-electron chi connectivity index (χ1n) is 4.57. The number of rotatable bonds is 4. The minimum absolute atomic E-state index is 0.965. The van der Waals surface area contributed by atoms with Crippen LogP contribution in [-0.4, -0.2) is 11.9 Å². The van der Waals surface area contributed by atoms with Gasteiger partial charge in [0.2, 0.25) is 0 Å². The lowest BCUT2D eigenvalue weighted by Gasteiger charge is -2.05. The van der Waals surface area contributed by atoms with Crippen molar-refractivity contribution in [1.82, 2.24) is 5.32 Å². The van der Waals surface area contributed by atoms with Crippen molar-refractivity contribution >= 4 is 15.9 Å². The average molecular weight is 242 g/mol. The highest BCUT2D eigenvalue weighted by Gasteiger charge is 1.95. The largest absolute Gasteiger partial charge is 0.312 e. The van der Waals surface area contributed by atoms with Crippen molar-refractivity contribution in [3.63, 3.8) is 0 Å². The van der Waals surface area contributed by atoms with E-state index in [1.807, 2.05) is 0 Å². The molecule has 0 radical (unpaired) electrons. The highest BCUT2D eigenvalue weighted by Crippen LogP contribution is 2.09. The number of alkyl halides is 1. The predicted molar refractivity (Wildman–Crippen MR) is 61.4 cm³/mol. The minimum atomic E-state index is 0.965. The van der Waals surface area contributed by atoms with Gasteiger partial charge in [-0.2, -0.15) is 0 Å². The van der Waals surface area contributed by atoms with E-state index >= 15 is 0 Å². The van der Waals surface area contributed by atoms with E-state index in [0.717, 1.165) is 18.4 Å². The molecule has 0 atom stereocenters. The van der Waals surface area contributed by atoms with Crippen LogP contribution in [-0.2, 0) is 6.54 Å². The summed E-state index contributed by atoms with van der Waals surface area (Å²) >= 11 is 3.39. The van der Waals surface area contributed by atoms with E-state index in [4.69, 9.17) is 0 Å². The van der Waals surface area contributed by atoms with Gasteiger partial charge in [-0.3, -0.25) is 0 Å². The molecule has 2 heteroatoms. The number of nitrogens with one attached hydrogen (secondary N) is 1. The van der Waals surface area contributed by atoms with Gasteiger partial charge in [0.15, 0.2) is 0 Å². The molecular weight excluding hydrogens is 226 g/mol. The molecule has 0 heterocycles. The van der Waals surface area contributed by atoms with Gasteiger partial charge in [0, 0.05) is 18.4 Å². The first kappa shape index (κ1) is 10.7. The van der Waals surface area contributed by atoms with Gasteiger partial charge in [0.25, 0.3) is 0 Å². The molecule has 0 fully saturated rings. The summed E-state index contributed by atoms with van der Waals surface area (Å²) in [7, 11) is 0. The first-order chi connectivity index (χ1) is 6.24. The van der Waals surface area contributed by atoms with Gasteiger partial charge in [-0.15, -0.1) is 0 Å². The van der Waals surface area contributed by atoms with E-state index in [-0.39, 0.29) is 0 Å². The molecule has 0 aliphatic rings. The molecule has 0 saturated carbocycles. The summed E-state index contributed by atoms with van der Waals surface area (Å²) in [5, 5.41) is 4.36. The van der Waals surface area contributed by atoms with Crippen LogP contribution in [0.2, 0.25) is 0 Å². The van der Waals surface area contributed by atoms with Gasteiger partial charge in [0.1, 0.15) is 0 Å². The van der Waals surface area contributed by atoms with E-state index in [1.165, 1.54) is 16.7 Å². The standard InChI is InChI=1S/C11H16BrN/c1-9-3-4-11(7-10(9)2)8-13-6-5-12/h3-4,7,13H,5-6,8H2,1-2H3. The molecule has 1 rings (SSSR count). The highest BCUT2D eigenvalue weighted by molar-refractivity contribution is 9.09. The van der Waals surface area contributed by atoms with Crippen molar-refractivity contribution in [2.45, 2.75) is 20.4 Å². The summed E-state index contributed by atoms with van der Waals surface area (Å²) in [5.74, 6) is 0. The van der Waals surface area contributed by atoms with Crippen LogP contribution < -0.4 is 5.32 Å². The van der Waals surface area contributed by atoms with Crippen LogP contribution in [0.25, 0.3) is 0 Å². The van der Waals surface area contributed by atoms with E-state index in [1.54, 1.807) is 0 Å². The average Bonchev–Trinajstić information content (AvgIpc) is 2.12. The summed E-state index contributed by atoms with van der Waals surface area (Å²) in [6, 6.07) is 6.61. The molecule has 0 aromatic heterocycles. The van der Waals surface area contributed by atoms with Crippen LogP contribution >= 0.6 is 15.9 Å². The van der Waals surface area contributed by atoms with Crippen LogP contribution in [0.1, 0.15) is 16.7 Å².